The van der Waals surface area contributed by atoms with Crippen LogP contribution in [0.1, 0.15) is 39.2 Å². The molecule has 7 nitrogen and oxygen atoms in total. The van der Waals surface area contributed by atoms with Crippen molar-refractivity contribution in [2.75, 3.05) is 26.7 Å². The highest BCUT2D eigenvalue weighted by molar-refractivity contribution is 6.06. The highest BCUT2D eigenvalue weighted by Crippen LogP contribution is 2.20. The SMILES string of the molecule is CCNC(=NCCCN1C(=O)NC(C)(CC)C1=O)N(C)Cc1ccccc1. The molecule has 2 N–H and O–H groups in total. The van der Waals surface area contributed by atoms with Crippen LogP contribution in [0.3, 0.4) is 0 Å². The second-order valence-electron chi connectivity index (χ2n) is 7.00. The summed E-state index contributed by atoms with van der Waals surface area (Å²) in [6, 6.07) is 9.92. The summed E-state index contributed by atoms with van der Waals surface area (Å²) in [5.41, 5.74) is 0.439. The van der Waals surface area contributed by atoms with Gasteiger partial charge in [-0.25, -0.2) is 4.79 Å². The van der Waals surface area contributed by atoms with Crippen LogP contribution >= 0.6 is 0 Å². The maximum Gasteiger partial charge on any atom is 0.325 e. The Bertz CT molecular complexity index is 676. The normalized spacial score (nSPS) is 20.0. The lowest BCUT2D eigenvalue weighted by molar-refractivity contribution is -0.130. The van der Waals surface area contributed by atoms with Crippen LogP contribution in [-0.2, 0) is 11.3 Å². The topological polar surface area (TPSA) is 77.0 Å². The number of nitrogens with zero attached hydrogens (tertiary/aromatic N) is 3. The largest absolute Gasteiger partial charge is 0.357 e. The molecule has 0 aliphatic carbocycles. The molecule has 1 fully saturated rings. The smallest absolute Gasteiger partial charge is 0.325 e. The molecule has 1 aliphatic heterocycles. The predicted octanol–water partition coefficient (Wildman–Crippen LogP) is 2.19. The van der Waals surface area contributed by atoms with E-state index < -0.39 is 5.54 Å². The minimum atomic E-state index is -0.773. The molecule has 1 aliphatic rings. The zero-order chi connectivity index (χ0) is 19.9. The van der Waals surface area contributed by atoms with Gasteiger partial charge in [0.25, 0.3) is 5.91 Å². The first-order chi connectivity index (χ1) is 12.9. The standard InChI is InChI=1S/C20H31N5O2/c1-5-20(3)17(26)25(19(27)23-20)14-10-13-22-18(21-6-2)24(4)15-16-11-8-7-9-12-16/h7-9,11-12H,5-6,10,13-15H2,1-4H3,(H,21,22)(H,23,27). The number of nitrogens with one attached hydrogen (secondary N) is 2. The number of hydrogen-bond acceptors (Lipinski definition) is 3. The molecule has 0 aromatic heterocycles. The lowest BCUT2D eigenvalue weighted by Gasteiger charge is -2.22. The monoisotopic (exact) mass is 373 g/mol. The Morgan fingerprint density at radius 1 is 1.26 bits per heavy atom. The molecule has 0 bridgehead atoms. The van der Waals surface area contributed by atoms with Crippen LogP contribution in [0.2, 0.25) is 0 Å². The second kappa shape index (κ2) is 9.39. The quantitative estimate of drug-likeness (QED) is 0.317. The number of carbonyl (C=O) groups excluding carboxylic acids is 2. The van der Waals surface area contributed by atoms with Crippen molar-refractivity contribution in [1.29, 1.82) is 0 Å². The molecule has 7 heteroatoms. The lowest BCUT2D eigenvalue weighted by atomic mass is 9.99. The predicted molar refractivity (Wildman–Crippen MR) is 107 cm³/mol. The Morgan fingerprint density at radius 2 is 1.96 bits per heavy atom. The van der Waals surface area contributed by atoms with Crippen molar-refractivity contribution < 1.29 is 9.59 Å². The van der Waals surface area contributed by atoms with E-state index >= 15 is 0 Å². The summed E-state index contributed by atoms with van der Waals surface area (Å²) in [6.45, 7) is 8.16. The summed E-state index contributed by atoms with van der Waals surface area (Å²) in [4.78, 5) is 32.4. The molecular formula is C20H31N5O2. The molecular weight excluding hydrogens is 342 g/mol. The van der Waals surface area contributed by atoms with Crippen LogP contribution in [0.4, 0.5) is 4.79 Å². The Labute approximate surface area is 161 Å². The van der Waals surface area contributed by atoms with Gasteiger partial charge in [0, 0.05) is 33.2 Å². The van der Waals surface area contributed by atoms with E-state index in [2.05, 4.69) is 32.7 Å². The van der Waals surface area contributed by atoms with Crippen LogP contribution < -0.4 is 10.6 Å². The summed E-state index contributed by atoms with van der Waals surface area (Å²) < 4.78 is 0. The Balaban J connectivity index is 1.90. The molecule has 1 heterocycles. The second-order valence-corrected chi connectivity index (χ2v) is 7.00. The number of hydrogen-bond donors (Lipinski definition) is 2. The van der Waals surface area contributed by atoms with Gasteiger partial charge in [0.15, 0.2) is 5.96 Å². The molecule has 1 saturated heterocycles. The number of urea groups is 1. The molecule has 1 aromatic rings. The molecule has 3 amide bonds. The molecule has 1 unspecified atom stereocenters. The van der Waals surface area contributed by atoms with Crippen LogP contribution in [0.25, 0.3) is 0 Å². The number of benzene rings is 1. The third-order valence-electron chi connectivity index (χ3n) is 4.81. The highest BCUT2D eigenvalue weighted by atomic mass is 16.2. The third kappa shape index (κ3) is 5.21. The van der Waals surface area contributed by atoms with E-state index in [9.17, 15) is 9.59 Å². The molecule has 0 radical (unpaired) electrons. The molecule has 1 aromatic carbocycles. The fourth-order valence-electron chi connectivity index (χ4n) is 3.01. The van der Waals surface area contributed by atoms with E-state index in [0.717, 1.165) is 19.0 Å². The van der Waals surface area contributed by atoms with Gasteiger partial charge >= 0.3 is 6.03 Å². The van der Waals surface area contributed by atoms with Gasteiger partial charge in [0.2, 0.25) is 0 Å². The molecule has 148 valence electrons. The van der Waals surface area contributed by atoms with Gasteiger partial charge in [-0.1, -0.05) is 37.3 Å². The number of guanidine groups is 1. The van der Waals surface area contributed by atoms with Crippen LogP contribution in [0.5, 0.6) is 0 Å². The van der Waals surface area contributed by atoms with Crippen molar-refractivity contribution in [1.82, 2.24) is 20.4 Å². The Kier molecular flexibility index (Phi) is 7.21. The fraction of sp³-hybridized carbons (Fsp3) is 0.550. The van der Waals surface area contributed by atoms with Gasteiger partial charge in [0.1, 0.15) is 5.54 Å². The number of carbonyl (C=O) groups is 2. The van der Waals surface area contributed by atoms with Crippen LogP contribution in [0, 0.1) is 0 Å². The summed E-state index contributed by atoms with van der Waals surface area (Å²) in [5, 5.41) is 6.06. The van der Waals surface area contributed by atoms with E-state index in [-0.39, 0.29) is 11.9 Å². The van der Waals surface area contributed by atoms with Crippen molar-refractivity contribution in [3.63, 3.8) is 0 Å². The van der Waals surface area contributed by atoms with E-state index in [4.69, 9.17) is 0 Å². The molecule has 27 heavy (non-hydrogen) atoms. The average molecular weight is 374 g/mol. The van der Waals surface area contributed by atoms with Crippen molar-refractivity contribution in [2.24, 2.45) is 4.99 Å². The Morgan fingerprint density at radius 3 is 2.56 bits per heavy atom. The maximum atomic E-state index is 12.4. The molecule has 2 rings (SSSR count). The van der Waals surface area contributed by atoms with E-state index in [0.29, 0.717) is 25.9 Å². The van der Waals surface area contributed by atoms with Crippen molar-refractivity contribution in [3.8, 4) is 0 Å². The van der Waals surface area contributed by atoms with Crippen LogP contribution in [0.15, 0.2) is 35.3 Å². The third-order valence-corrected chi connectivity index (χ3v) is 4.81. The van der Waals surface area contributed by atoms with E-state index in [1.165, 1.54) is 10.5 Å². The van der Waals surface area contributed by atoms with Gasteiger partial charge in [-0.15, -0.1) is 0 Å². The van der Waals surface area contributed by atoms with Crippen molar-refractivity contribution in [2.45, 2.75) is 45.7 Å². The number of aliphatic imine (C=N–C) groups is 1. The first-order valence-electron chi connectivity index (χ1n) is 9.58. The Hall–Kier alpha value is -2.57. The summed E-state index contributed by atoms with van der Waals surface area (Å²) in [5.74, 6) is 0.670. The van der Waals surface area contributed by atoms with Crippen molar-refractivity contribution >= 4 is 17.9 Å². The molecule has 1 atom stereocenters. The number of imide groups is 1. The maximum absolute atomic E-state index is 12.4. The van der Waals surface area contributed by atoms with Gasteiger partial charge < -0.3 is 15.5 Å². The first-order valence-corrected chi connectivity index (χ1v) is 9.58. The summed E-state index contributed by atoms with van der Waals surface area (Å²) in [6.07, 6.45) is 1.22. The minimum Gasteiger partial charge on any atom is -0.357 e. The number of rotatable bonds is 8. The van der Waals surface area contributed by atoms with Gasteiger partial charge in [0.05, 0.1) is 0 Å². The fourth-order valence-corrected chi connectivity index (χ4v) is 3.01. The van der Waals surface area contributed by atoms with Gasteiger partial charge in [-0.2, -0.15) is 0 Å². The average Bonchev–Trinajstić information content (AvgIpc) is 2.88. The zero-order valence-electron chi connectivity index (χ0n) is 16.8. The van der Waals surface area contributed by atoms with E-state index in [1.54, 1.807) is 6.92 Å². The zero-order valence-corrected chi connectivity index (χ0v) is 16.8. The molecule has 0 spiro atoms. The molecule has 0 saturated carbocycles. The van der Waals surface area contributed by atoms with E-state index in [1.807, 2.05) is 39.1 Å². The summed E-state index contributed by atoms with van der Waals surface area (Å²) in [7, 11) is 2.00. The lowest BCUT2D eigenvalue weighted by Crippen LogP contribution is -2.43. The highest BCUT2D eigenvalue weighted by Gasteiger charge is 2.45. The number of amides is 3. The van der Waals surface area contributed by atoms with Gasteiger partial charge in [-0.05, 0) is 32.3 Å². The minimum absolute atomic E-state index is 0.146. The summed E-state index contributed by atoms with van der Waals surface area (Å²) >= 11 is 0. The van der Waals surface area contributed by atoms with Gasteiger partial charge in [-0.3, -0.25) is 14.7 Å². The van der Waals surface area contributed by atoms with Crippen LogP contribution in [-0.4, -0.2) is 59.9 Å². The van der Waals surface area contributed by atoms with Crippen molar-refractivity contribution in [3.05, 3.63) is 35.9 Å². The first kappa shape index (κ1) is 20.7.